The normalized spacial score (nSPS) is 27.8. The van der Waals surface area contributed by atoms with Crippen molar-refractivity contribution in [1.29, 1.82) is 5.26 Å². The minimum absolute atomic E-state index is 0.176. The van der Waals surface area contributed by atoms with Crippen LogP contribution in [0.5, 0.6) is 5.75 Å². The summed E-state index contributed by atoms with van der Waals surface area (Å²) in [6.07, 6.45) is 19.5. The molecule has 0 aromatic heterocycles. The molecule has 37 heavy (non-hydrogen) atoms. The fourth-order valence-electron chi connectivity index (χ4n) is 7.01. The van der Waals surface area contributed by atoms with Crippen molar-refractivity contribution in [1.82, 2.24) is 0 Å². The molecule has 1 unspecified atom stereocenters. The molecule has 4 rings (SSSR count). The predicted octanol–water partition coefficient (Wildman–Crippen LogP) is 8.26. The Morgan fingerprint density at radius 2 is 1.54 bits per heavy atom. The molecule has 4 nitrogen and oxygen atoms in total. The van der Waals surface area contributed by atoms with Gasteiger partial charge in [-0.25, -0.2) is 8.78 Å². The van der Waals surface area contributed by atoms with Gasteiger partial charge in [0.15, 0.2) is 0 Å². The van der Waals surface area contributed by atoms with Gasteiger partial charge < -0.3 is 9.47 Å². The van der Waals surface area contributed by atoms with Crippen LogP contribution in [0.15, 0.2) is 12.1 Å². The molecular weight excluding hydrogens is 472 g/mol. The van der Waals surface area contributed by atoms with Crippen LogP contribution in [0, 0.1) is 46.6 Å². The Kier molecular flexibility index (Phi) is 10.4. The van der Waals surface area contributed by atoms with E-state index in [4.69, 9.17) is 14.7 Å². The van der Waals surface area contributed by atoms with E-state index in [1.165, 1.54) is 70.3 Å². The van der Waals surface area contributed by atoms with Crippen molar-refractivity contribution in [2.45, 2.75) is 122 Å². The minimum atomic E-state index is -1.01. The van der Waals surface area contributed by atoms with Crippen LogP contribution >= 0.6 is 0 Å². The molecule has 1 aromatic carbocycles. The topological polar surface area (TPSA) is 59.3 Å². The molecule has 0 aliphatic heterocycles. The first-order valence-electron chi connectivity index (χ1n) is 14.7. The van der Waals surface area contributed by atoms with Gasteiger partial charge in [0.2, 0.25) is 0 Å². The number of nitriles is 1. The van der Waals surface area contributed by atoms with E-state index in [-0.39, 0.29) is 11.7 Å². The molecule has 6 heteroatoms. The van der Waals surface area contributed by atoms with Crippen molar-refractivity contribution < 1.29 is 23.0 Å². The number of hydrogen-bond donors (Lipinski definition) is 0. The highest BCUT2D eigenvalue weighted by molar-refractivity contribution is 5.75. The third kappa shape index (κ3) is 7.53. The van der Waals surface area contributed by atoms with Crippen LogP contribution in [0.25, 0.3) is 0 Å². The van der Waals surface area contributed by atoms with Crippen LogP contribution < -0.4 is 4.74 Å². The third-order valence-corrected chi connectivity index (χ3v) is 9.22. The molecule has 1 aromatic rings. The number of rotatable bonds is 9. The summed E-state index contributed by atoms with van der Waals surface area (Å²) < 4.78 is 39.7. The van der Waals surface area contributed by atoms with Crippen molar-refractivity contribution >= 4 is 5.97 Å². The fourth-order valence-corrected chi connectivity index (χ4v) is 7.01. The molecule has 0 N–H and O–H groups in total. The van der Waals surface area contributed by atoms with E-state index in [9.17, 15) is 13.6 Å². The molecule has 3 aliphatic carbocycles. The van der Waals surface area contributed by atoms with E-state index in [0.717, 1.165) is 56.6 Å². The van der Waals surface area contributed by atoms with Gasteiger partial charge in [-0.2, -0.15) is 5.26 Å². The Balaban J connectivity index is 1.21. The third-order valence-electron chi connectivity index (χ3n) is 9.22. The van der Waals surface area contributed by atoms with Crippen LogP contribution in [0.4, 0.5) is 8.78 Å². The maximum Gasteiger partial charge on any atom is 0.314 e. The van der Waals surface area contributed by atoms with Crippen LogP contribution in [0.3, 0.4) is 0 Å². The molecule has 0 heterocycles. The van der Waals surface area contributed by atoms with Crippen LogP contribution in [-0.4, -0.2) is 18.2 Å². The van der Waals surface area contributed by atoms with Crippen LogP contribution in [0.2, 0.25) is 0 Å². The maximum atomic E-state index is 13.8. The van der Waals surface area contributed by atoms with E-state index in [1.54, 1.807) is 0 Å². The van der Waals surface area contributed by atoms with Gasteiger partial charge in [0, 0.05) is 12.1 Å². The summed E-state index contributed by atoms with van der Waals surface area (Å²) in [7, 11) is 0. The Morgan fingerprint density at radius 3 is 2.11 bits per heavy atom. The summed E-state index contributed by atoms with van der Waals surface area (Å²) in [4.78, 5) is 12.6. The van der Waals surface area contributed by atoms with Crippen molar-refractivity contribution in [3.8, 4) is 11.8 Å². The van der Waals surface area contributed by atoms with E-state index in [0.29, 0.717) is 24.0 Å². The molecule has 3 saturated carbocycles. The zero-order valence-electron chi connectivity index (χ0n) is 22.4. The van der Waals surface area contributed by atoms with Crippen molar-refractivity contribution in [3.05, 3.63) is 29.3 Å². The lowest BCUT2D eigenvalue weighted by Gasteiger charge is -2.39. The van der Waals surface area contributed by atoms with Gasteiger partial charge in [-0.1, -0.05) is 39.0 Å². The minimum Gasteiger partial charge on any atom is -0.426 e. The van der Waals surface area contributed by atoms with E-state index in [2.05, 4.69) is 6.92 Å². The van der Waals surface area contributed by atoms with Crippen molar-refractivity contribution in [2.75, 3.05) is 0 Å². The van der Waals surface area contributed by atoms with Crippen molar-refractivity contribution in [2.24, 2.45) is 23.7 Å². The molecule has 0 bridgehead atoms. The van der Waals surface area contributed by atoms with Gasteiger partial charge in [-0.05, 0) is 88.4 Å². The average molecular weight is 516 g/mol. The van der Waals surface area contributed by atoms with Crippen molar-refractivity contribution in [3.63, 3.8) is 0 Å². The first-order valence-corrected chi connectivity index (χ1v) is 14.7. The fraction of sp³-hybridized carbons (Fsp3) is 0.742. The zero-order valence-corrected chi connectivity index (χ0v) is 22.4. The number of esters is 1. The first kappa shape index (κ1) is 28.0. The zero-order chi connectivity index (χ0) is 26.2. The smallest absolute Gasteiger partial charge is 0.314 e. The predicted molar refractivity (Wildman–Crippen MR) is 139 cm³/mol. The Bertz CT molecular complexity index is 900. The second-order valence-corrected chi connectivity index (χ2v) is 11.7. The molecule has 204 valence electrons. The maximum absolute atomic E-state index is 13.8. The van der Waals surface area contributed by atoms with E-state index < -0.39 is 23.2 Å². The second kappa shape index (κ2) is 13.7. The highest BCUT2D eigenvalue weighted by Gasteiger charge is 2.35. The number of carbonyl (C=O) groups is 1. The Morgan fingerprint density at radius 1 is 0.946 bits per heavy atom. The largest absolute Gasteiger partial charge is 0.426 e. The molecule has 3 fully saturated rings. The van der Waals surface area contributed by atoms with E-state index in [1.807, 2.05) is 0 Å². The molecule has 0 radical (unpaired) electrons. The number of hydrogen-bond acceptors (Lipinski definition) is 4. The Hall–Kier alpha value is -2.00. The van der Waals surface area contributed by atoms with Gasteiger partial charge in [-0.3, -0.25) is 4.79 Å². The lowest BCUT2D eigenvalue weighted by atomic mass is 9.70. The number of nitrogens with zero attached hydrogens (tertiary/aromatic N) is 1. The lowest BCUT2D eigenvalue weighted by molar-refractivity contribution is -0.140. The van der Waals surface area contributed by atoms with Gasteiger partial charge in [0.05, 0.1) is 18.1 Å². The average Bonchev–Trinajstić information content (AvgIpc) is 2.92. The number of benzene rings is 1. The number of carbonyl (C=O) groups excluding carboxylic acids is 1. The molecule has 0 amide bonds. The van der Waals surface area contributed by atoms with Crippen LogP contribution in [0.1, 0.15) is 115 Å². The summed E-state index contributed by atoms with van der Waals surface area (Å²) in [6.45, 7) is 2.27. The SMILES string of the molecule is CCCCC(O[C@H]1CC[C@H]([C@H]2CC[C@H](C(=O)Oc3cc(F)c(C#N)c(F)c3)CC2)CC1)C1CCCCC1. The summed E-state index contributed by atoms with van der Waals surface area (Å²) in [5.74, 6) is -0.790. The van der Waals surface area contributed by atoms with Crippen LogP contribution in [-0.2, 0) is 9.53 Å². The highest BCUT2D eigenvalue weighted by atomic mass is 19.1. The summed E-state index contributed by atoms with van der Waals surface area (Å²) in [6, 6.07) is 3.30. The molecule has 1 atom stereocenters. The van der Waals surface area contributed by atoms with Gasteiger partial charge in [0.25, 0.3) is 0 Å². The monoisotopic (exact) mass is 515 g/mol. The molecule has 3 aliphatic rings. The lowest BCUT2D eigenvalue weighted by Crippen LogP contribution is -2.35. The molecule has 0 spiro atoms. The van der Waals surface area contributed by atoms with Gasteiger partial charge >= 0.3 is 5.97 Å². The quantitative estimate of drug-likeness (QED) is 0.245. The number of unbranched alkanes of at least 4 members (excludes halogenated alkanes) is 1. The second-order valence-electron chi connectivity index (χ2n) is 11.7. The highest BCUT2D eigenvalue weighted by Crippen LogP contribution is 2.42. The van der Waals surface area contributed by atoms with Gasteiger partial charge in [-0.15, -0.1) is 0 Å². The number of halogens is 2. The molecule has 0 saturated heterocycles. The summed E-state index contributed by atoms with van der Waals surface area (Å²) in [5, 5.41) is 8.80. The summed E-state index contributed by atoms with van der Waals surface area (Å²) >= 11 is 0. The standard InChI is InChI=1S/C31H43F2NO3/c1-2-3-9-30(23-7-5-4-6-8-23)36-25-16-14-22(15-17-25)21-10-12-24(13-11-21)31(35)37-26-18-28(32)27(20-34)29(33)19-26/h18-19,21-25,30H,2-17H2,1H3/t21-,22-,24-,25-,30?. The summed E-state index contributed by atoms with van der Waals surface area (Å²) in [5.41, 5.74) is -0.661. The first-order chi connectivity index (χ1) is 18.0. The van der Waals surface area contributed by atoms with E-state index >= 15 is 0 Å². The Labute approximate surface area is 221 Å². The van der Waals surface area contributed by atoms with Gasteiger partial charge in [0.1, 0.15) is 29.0 Å². The number of ether oxygens (including phenoxy) is 2. The molecular formula is C31H43F2NO3.